The average molecular weight is 432 g/mol. The first-order chi connectivity index (χ1) is 15.2. The van der Waals surface area contributed by atoms with Crippen molar-refractivity contribution in [2.75, 3.05) is 0 Å². The van der Waals surface area contributed by atoms with Gasteiger partial charge in [-0.25, -0.2) is 9.18 Å². The largest absolute Gasteiger partial charge is 0.329 e. The summed E-state index contributed by atoms with van der Waals surface area (Å²) in [7, 11) is 0. The lowest BCUT2D eigenvalue weighted by atomic mass is 10.0. The molecule has 164 valence electrons. The number of nitrogens with one attached hydrogen (secondary N) is 1. The number of hydrogen-bond donors (Lipinski definition) is 1. The number of urea groups is 1. The van der Waals surface area contributed by atoms with Gasteiger partial charge in [-0.2, -0.15) is 0 Å². The van der Waals surface area contributed by atoms with E-state index < -0.39 is 11.9 Å². The van der Waals surface area contributed by atoms with Crippen LogP contribution in [0, 0.1) is 40.4 Å². The number of aromatic nitrogens is 1. The van der Waals surface area contributed by atoms with Crippen molar-refractivity contribution in [2.45, 2.75) is 41.2 Å². The second-order valence-electron chi connectivity index (χ2n) is 8.42. The molecule has 0 spiro atoms. The van der Waals surface area contributed by atoms with E-state index in [-0.39, 0.29) is 18.1 Å². The lowest BCUT2D eigenvalue weighted by Crippen LogP contribution is -2.30. The van der Waals surface area contributed by atoms with Crippen molar-refractivity contribution < 1.29 is 14.0 Å². The highest BCUT2D eigenvalue weighted by molar-refractivity contribution is 6.14. The van der Waals surface area contributed by atoms with Crippen molar-refractivity contribution in [3.63, 3.8) is 0 Å². The standard InChI is InChI=1S/C26H26FN3O2/c1-15-10-16(2)24(17(3)11-15)30-18(4)12-21(19(30)5)13-23-25(31)29(26(32)28-23)14-20-6-8-22(27)9-7-20/h6-13H,14H2,1-5H3,(H,28,32). The lowest BCUT2D eigenvalue weighted by Gasteiger charge is -2.17. The Morgan fingerprint density at radius 3 is 2.19 bits per heavy atom. The summed E-state index contributed by atoms with van der Waals surface area (Å²) in [5.74, 6) is -0.757. The van der Waals surface area contributed by atoms with Gasteiger partial charge in [0.1, 0.15) is 11.5 Å². The second kappa shape index (κ2) is 8.11. The van der Waals surface area contributed by atoms with Gasteiger partial charge in [-0.1, -0.05) is 29.8 Å². The maximum absolute atomic E-state index is 13.2. The zero-order valence-electron chi connectivity index (χ0n) is 18.9. The molecule has 1 aliphatic heterocycles. The molecule has 3 amide bonds. The van der Waals surface area contributed by atoms with E-state index >= 15 is 0 Å². The van der Waals surface area contributed by atoms with Crippen LogP contribution in [0.5, 0.6) is 0 Å². The molecule has 0 atom stereocenters. The van der Waals surface area contributed by atoms with E-state index in [1.807, 2.05) is 19.9 Å². The van der Waals surface area contributed by atoms with Gasteiger partial charge >= 0.3 is 6.03 Å². The molecule has 32 heavy (non-hydrogen) atoms. The topological polar surface area (TPSA) is 54.3 Å². The molecule has 0 bridgehead atoms. The molecule has 1 fully saturated rings. The van der Waals surface area contributed by atoms with Gasteiger partial charge in [0.05, 0.1) is 12.2 Å². The molecule has 1 aromatic heterocycles. The molecule has 5 nitrogen and oxygen atoms in total. The monoisotopic (exact) mass is 431 g/mol. The second-order valence-corrected chi connectivity index (χ2v) is 8.42. The first kappa shape index (κ1) is 21.6. The maximum Gasteiger partial charge on any atom is 0.329 e. The SMILES string of the molecule is Cc1cc(C)c(-n2c(C)cc(C=C3NC(=O)N(Cc4ccc(F)cc4)C3=O)c2C)c(C)c1. The number of benzene rings is 2. The summed E-state index contributed by atoms with van der Waals surface area (Å²) in [5.41, 5.74) is 8.53. The van der Waals surface area contributed by atoms with E-state index in [9.17, 15) is 14.0 Å². The van der Waals surface area contributed by atoms with Crippen LogP contribution in [0.4, 0.5) is 9.18 Å². The Kier molecular flexibility index (Phi) is 5.46. The number of carbonyl (C=O) groups is 2. The molecule has 0 saturated carbocycles. The number of amides is 3. The molecule has 6 heteroatoms. The number of aryl methyl sites for hydroxylation is 4. The Hall–Kier alpha value is -3.67. The fourth-order valence-electron chi connectivity index (χ4n) is 4.45. The molecule has 1 aliphatic rings. The predicted molar refractivity (Wildman–Crippen MR) is 123 cm³/mol. The van der Waals surface area contributed by atoms with Gasteiger partial charge in [0, 0.05) is 11.4 Å². The van der Waals surface area contributed by atoms with Gasteiger partial charge in [-0.3, -0.25) is 9.69 Å². The van der Waals surface area contributed by atoms with Crippen LogP contribution in [0.3, 0.4) is 0 Å². The molecular formula is C26H26FN3O2. The fraction of sp³-hybridized carbons (Fsp3) is 0.231. The van der Waals surface area contributed by atoms with Gasteiger partial charge in [0.15, 0.2) is 0 Å². The summed E-state index contributed by atoms with van der Waals surface area (Å²) in [5, 5.41) is 2.68. The third kappa shape index (κ3) is 3.84. The Bertz CT molecular complexity index is 1250. The van der Waals surface area contributed by atoms with Crippen LogP contribution in [0.25, 0.3) is 11.8 Å². The zero-order valence-corrected chi connectivity index (χ0v) is 18.9. The van der Waals surface area contributed by atoms with Crippen molar-refractivity contribution in [1.29, 1.82) is 0 Å². The van der Waals surface area contributed by atoms with Crippen LogP contribution in [-0.4, -0.2) is 21.4 Å². The number of halogens is 1. The predicted octanol–water partition coefficient (Wildman–Crippen LogP) is 5.25. The highest BCUT2D eigenvalue weighted by atomic mass is 19.1. The summed E-state index contributed by atoms with van der Waals surface area (Å²) >= 11 is 0. The van der Waals surface area contributed by atoms with Gasteiger partial charge in [-0.15, -0.1) is 0 Å². The number of rotatable bonds is 4. The molecule has 1 saturated heterocycles. The van der Waals surface area contributed by atoms with Crippen LogP contribution in [0.15, 0.2) is 48.2 Å². The zero-order chi connectivity index (χ0) is 23.2. The van der Waals surface area contributed by atoms with Crippen LogP contribution in [0.2, 0.25) is 0 Å². The van der Waals surface area contributed by atoms with E-state index in [4.69, 9.17) is 0 Å². The van der Waals surface area contributed by atoms with Crippen LogP contribution in [-0.2, 0) is 11.3 Å². The van der Waals surface area contributed by atoms with Crippen LogP contribution >= 0.6 is 0 Å². The van der Waals surface area contributed by atoms with E-state index in [1.165, 1.54) is 28.8 Å². The Balaban J connectivity index is 1.67. The minimum Gasteiger partial charge on any atom is -0.317 e. The summed E-state index contributed by atoms with van der Waals surface area (Å²) < 4.78 is 15.3. The number of nitrogens with zero attached hydrogens (tertiary/aromatic N) is 2. The molecule has 0 radical (unpaired) electrons. The molecule has 4 rings (SSSR count). The first-order valence-corrected chi connectivity index (χ1v) is 10.5. The summed E-state index contributed by atoms with van der Waals surface area (Å²) in [6.07, 6.45) is 1.72. The van der Waals surface area contributed by atoms with Gasteiger partial charge in [0.25, 0.3) is 5.91 Å². The molecule has 0 unspecified atom stereocenters. The molecular weight excluding hydrogens is 405 g/mol. The average Bonchev–Trinajstić information content (AvgIpc) is 3.13. The smallest absolute Gasteiger partial charge is 0.317 e. The van der Waals surface area contributed by atoms with Crippen molar-refractivity contribution in [3.8, 4) is 5.69 Å². The molecule has 1 N–H and O–H groups in total. The molecule has 2 heterocycles. The number of imide groups is 1. The van der Waals surface area contributed by atoms with Crippen molar-refractivity contribution in [2.24, 2.45) is 0 Å². The maximum atomic E-state index is 13.2. The van der Waals surface area contributed by atoms with Crippen LogP contribution in [0.1, 0.15) is 39.2 Å². The van der Waals surface area contributed by atoms with E-state index in [0.717, 1.165) is 27.5 Å². The minimum atomic E-state index is -0.482. The van der Waals surface area contributed by atoms with Crippen molar-refractivity contribution >= 4 is 18.0 Å². The van der Waals surface area contributed by atoms with Crippen molar-refractivity contribution in [3.05, 3.63) is 93.2 Å². The first-order valence-electron chi connectivity index (χ1n) is 10.5. The Morgan fingerprint density at radius 1 is 0.938 bits per heavy atom. The van der Waals surface area contributed by atoms with E-state index in [0.29, 0.717) is 5.56 Å². The highest BCUT2D eigenvalue weighted by Gasteiger charge is 2.33. The van der Waals surface area contributed by atoms with E-state index in [2.05, 4.69) is 42.8 Å². The quantitative estimate of drug-likeness (QED) is 0.453. The van der Waals surface area contributed by atoms with Gasteiger partial charge in [0.2, 0.25) is 0 Å². The Labute approximate surface area is 187 Å². The molecule has 0 aliphatic carbocycles. The Morgan fingerprint density at radius 2 is 1.56 bits per heavy atom. The van der Waals surface area contributed by atoms with Crippen LogP contribution < -0.4 is 5.32 Å². The molecule has 3 aromatic rings. The summed E-state index contributed by atoms with van der Waals surface area (Å²) in [6, 6.07) is 11.6. The highest BCUT2D eigenvalue weighted by Crippen LogP contribution is 2.28. The molecule has 2 aromatic carbocycles. The summed E-state index contributed by atoms with van der Waals surface area (Å²) in [4.78, 5) is 26.5. The number of hydrogen-bond acceptors (Lipinski definition) is 2. The minimum absolute atomic E-state index is 0.0864. The van der Waals surface area contributed by atoms with Crippen molar-refractivity contribution in [1.82, 2.24) is 14.8 Å². The summed E-state index contributed by atoms with van der Waals surface area (Å²) in [6.45, 7) is 10.4. The third-order valence-electron chi connectivity index (χ3n) is 5.85. The van der Waals surface area contributed by atoms with Gasteiger partial charge < -0.3 is 9.88 Å². The lowest BCUT2D eigenvalue weighted by molar-refractivity contribution is -0.123. The number of carbonyl (C=O) groups excluding carboxylic acids is 2. The third-order valence-corrected chi connectivity index (χ3v) is 5.85. The normalized spacial score (nSPS) is 15.1. The van der Waals surface area contributed by atoms with E-state index in [1.54, 1.807) is 18.2 Å². The van der Waals surface area contributed by atoms with Gasteiger partial charge in [-0.05, 0) is 81.1 Å². The fourth-order valence-corrected chi connectivity index (χ4v) is 4.45.